The summed E-state index contributed by atoms with van der Waals surface area (Å²) in [7, 11) is 0. The minimum Gasteiger partial charge on any atom is -0.338 e. The second-order valence-corrected chi connectivity index (χ2v) is 6.39. The first-order chi connectivity index (χ1) is 10.0. The van der Waals surface area contributed by atoms with E-state index in [0.717, 1.165) is 25.2 Å². The van der Waals surface area contributed by atoms with Crippen LogP contribution >= 0.6 is 0 Å². The summed E-state index contributed by atoms with van der Waals surface area (Å²) in [5.41, 5.74) is 6.04. The van der Waals surface area contributed by atoms with Crippen molar-refractivity contribution in [2.75, 3.05) is 6.54 Å². The van der Waals surface area contributed by atoms with Gasteiger partial charge in [0, 0.05) is 49.9 Å². The van der Waals surface area contributed by atoms with E-state index < -0.39 is 0 Å². The molecule has 2 N–H and O–H groups in total. The van der Waals surface area contributed by atoms with E-state index in [2.05, 4.69) is 23.4 Å². The Kier molecular flexibility index (Phi) is 5.39. The molecule has 1 saturated heterocycles. The van der Waals surface area contributed by atoms with Crippen LogP contribution in [0.2, 0.25) is 0 Å². The molecule has 1 aliphatic heterocycles. The van der Waals surface area contributed by atoms with Crippen LogP contribution in [0.5, 0.6) is 0 Å². The lowest BCUT2D eigenvalue weighted by Crippen LogP contribution is -2.51. The van der Waals surface area contributed by atoms with Gasteiger partial charge in [0.25, 0.3) is 0 Å². The number of piperidine rings is 1. The van der Waals surface area contributed by atoms with Gasteiger partial charge >= 0.3 is 0 Å². The largest absolute Gasteiger partial charge is 0.338 e. The Hall–Kier alpha value is -1.36. The van der Waals surface area contributed by atoms with Crippen molar-refractivity contribution < 1.29 is 4.79 Å². The Balaban J connectivity index is 1.95. The van der Waals surface area contributed by atoms with Crippen LogP contribution in [0, 0.1) is 0 Å². The zero-order chi connectivity index (χ0) is 15.4. The fourth-order valence-electron chi connectivity index (χ4n) is 3.18. The Morgan fingerprint density at radius 3 is 2.86 bits per heavy atom. The second kappa shape index (κ2) is 7.07. The molecule has 1 aromatic rings. The average Bonchev–Trinajstić information content (AvgIpc) is 2.93. The molecule has 21 heavy (non-hydrogen) atoms. The first-order valence-electron chi connectivity index (χ1n) is 8.06. The van der Waals surface area contributed by atoms with Crippen molar-refractivity contribution in [3.63, 3.8) is 0 Å². The topological polar surface area (TPSA) is 64.2 Å². The quantitative estimate of drug-likeness (QED) is 0.904. The van der Waals surface area contributed by atoms with Crippen molar-refractivity contribution in [3.8, 4) is 0 Å². The van der Waals surface area contributed by atoms with Gasteiger partial charge in [-0.15, -0.1) is 0 Å². The summed E-state index contributed by atoms with van der Waals surface area (Å²) in [6, 6.07) is 0.257. The number of carbonyl (C=O) groups is 1. The van der Waals surface area contributed by atoms with E-state index in [1.807, 2.05) is 24.2 Å². The molecule has 0 aliphatic carbocycles. The van der Waals surface area contributed by atoms with Gasteiger partial charge in [0.05, 0.1) is 0 Å². The predicted molar refractivity (Wildman–Crippen MR) is 83.9 cm³/mol. The Labute approximate surface area is 127 Å². The minimum atomic E-state index is 0.0497. The standard InChI is InChI=1S/C16H28N4O/c1-12(2)16-18-8-11-19(16)10-7-15(21)20-9-5-4-6-14(20)13(3)17/h8,11-14H,4-7,9-10,17H2,1-3H3/t13-,14+/m0/s1. The molecule has 1 aliphatic rings. The molecule has 1 fully saturated rings. The highest BCUT2D eigenvalue weighted by atomic mass is 16.2. The zero-order valence-electron chi connectivity index (χ0n) is 13.5. The van der Waals surface area contributed by atoms with Crippen LogP contribution in [0.3, 0.4) is 0 Å². The summed E-state index contributed by atoms with van der Waals surface area (Å²) >= 11 is 0. The number of aromatic nitrogens is 2. The second-order valence-electron chi connectivity index (χ2n) is 6.39. The summed E-state index contributed by atoms with van der Waals surface area (Å²) in [5, 5.41) is 0. The lowest BCUT2D eigenvalue weighted by atomic mass is 9.96. The van der Waals surface area contributed by atoms with Crippen molar-refractivity contribution in [1.29, 1.82) is 0 Å². The van der Waals surface area contributed by atoms with Gasteiger partial charge < -0.3 is 15.2 Å². The number of aryl methyl sites for hydroxylation is 1. The smallest absolute Gasteiger partial charge is 0.224 e. The first kappa shape index (κ1) is 16.0. The van der Waals surface area contributed by atoms with Crippen molar-refractivity contribution in [2.45, 2.75) is 71.0 Å². The molecule has 0 saturated carbocycles. The highest BCUT2D eigenvalue weighted by Gasteiger charge is 2.28. The van der Waals surface area contributed by atoms with E-state index in [4.69, 9.17) is 5.73 Å². The summed E-state index contributed by atoms with van der Waals surface area (Å²) in [5.74, 6) is 1.65. The summed E-state index contributed by atoms with van der Waals surface area (Å²) < 4.78 is 2.09. The number of imidazole rings is 1. The van der Waals surface area contributed by atoms with Crippen molar-refractivity contribution >= 4 is 5.91 Å². The molecule has 0 unspecified atom stereocenters. The summed E-state index contributed by atoms with van der Waals surface area (Å²) in [6.07, 6.45) is 7.60. The Bertz CT molecular complexity index is 467. The number of amides is 1. The molecular formula is C16H28N4O. The molecule has 5 heteroatoms. The normalized spacial score (nSPS) is 20.8. The lowest BCUT2D eigenvalue weighted by Gasteiger charge is -2.38. The maximum atomic E-state index is 12.5. The first-order valence-corrected chi connectivity index (χ1v) is 8.06. The van der Waals surface area contributed by atoms with Gasteiger partial charge in [-0.2, -0.15) is 0 Å². The molecule has 2 atom stereocenters. The monoisotopic (exact) mass is 292 g/mol. The Morgan fingerprint density at radius 2 is 2.19 bits per heavy atom. The highest BCUT2D eigenvalue weighted by Crippen LogP contribution is 2.20. The van der Waals surface area contributed by atoms with Gasteiger partial charge in [-0.25, -0.2) is 4.98 Å². The maximum absolute atomic E-state index is 12.5. The molecule has 2 rings (SSSR count). The van der Waals surface area contributed by atoms with Crippen LogP contribution in [0.4, 0.5) is 0 Å². The van der Waals surface area contributed by atoms with Crippen LogP contribution < -0.4 is 5.73 Å². The highest BCUT2D eigenvalue weighted by molar-refractivity contribution is 5.76. The summed E-state index contributed by atoms with van der Waals surface area (Å²) in [6.45, 7) is 7.80. The van der Waals surface area contributed by atoms with Gasteiger partial charge in [0.15, 0.2) is 0 Å². The van der Waals surface area contributed by atoms with Crippen LogP contribution in [-0.2, 0) is 11.3 Å². The number of carbonyl (C=O) groups excluding carboxylic acids is 1. The number of nitrogens with zero attached hydrogens (tertiary/aromatic N) is 3. The number of hydrogen-bond donors (Lipinski definition) is 1. The van der Waals surface area contributed by atoms with Crippen LogP contribution in [0.15, 0.2) is 12.4 Å². The van der Waals surface area contributed by atoms with Crippen LogP contribution in [-0.4, -0.2) is 39.0 Å². The number of rotatable bonds is 5. The zero-order valence-corrected chi connectivity index (χ0v) is 13.5. The van der Waals surface area contributed by atoms with E-state index in [0.29, 0.717) is 18.9 Å². The third kappa shape index (κ3) is 3.84. The fourth-order valence-corrected chi connectivity index (χ4v) is 3.18. The van der Waals surface area contributed by atoms with E-state index in [1.54, 1.807) is 0 Å². The van der Waals surface area contributed by atoms with Crippen molar-refractivity contribution in [2.24, 2.45) is 5.73 Å². The van der Waals surface area contributed by atoms with E-state index in [1.165, 1.54) is 6.42 Å². The molecule has 0 spiro atoms. The van der Waals surface area contributed by atoms with E-state index in [9.17, 15) is 4.79 Å². The molecule has 1 aromatic heterocycles. The average molecular weight is 292 g/mol. The van der Waals surface area contributed by atoms with E-state index in [-0.39, 0.29) is 18.0 Å². The lowest BCUT2D eigenvalue weighted by molar-refractivity contribution is -0.135. The minimum absolute atomic E-state index is 0.0497. The van der Waals surface area contributed by atoms with Crippen LogP contribution in [0.25, 0.3) is 0 Å². The molecule has 118 valence electrons. The third-order valence-corrected chi connectivity index (χ3v) is 4.31. The van der Waals surface area contributed by atoms with Gasteiger partial charge in [-0.1, -0.05) is 13.8 Å². The maximum Gasteiger partial charge on any atom is 0.224 e. The molecule has 0 aromatic carbocycles. The van der Waals surface area contributed by atoms with Crippen molar-refractivity contribution in [1.82, 2.24) is 14.5 Å². The number of hydrogen-bond acceptors (Lipinski definition) is 3. The predicted octanol–water partition coefficient (Wildman–Crippen LogP) is 2.12. The van der Waals surface area contributed by atoms with Gasteiger partial charge in [-0.05, 0) is 26.2 Å². The Morgan fingerprint density at radius 1 is 1.43 bits per heavy atom. The molecule has 1 amide bonds. The van der Waals surface area contributed by atoms with Crippen molar-refractivity contribution in [3.05, 3.63) is 18.2 Å². The number of nitrogens with two attached hydrogens (primary N) is 1. The third-order valence-electron chi connectivity index (χ3n) is 4.31. The van der Waals surface area contributed by atoms with E-state index >= 15 is 0 Å². The van der Waals surface area contributed by atoms with Crippen LogP contribution in [0.1, 0.15) is 58.2 Å². The molecular weight excluding hydrogens is 264 g/mol. The number of likely N-dealkylation sites (tertiary alicyclic amines) is 1. The molecule has 0 bridgehead atoms. The van der Waals surface area contributed by atoms with Gasteiger partial charge in [0.2, 0.25) is 5.91 Å². The molecule has 5 nitrogen and oxygen atoms in total. The summed E-state index contributed by atoms with van der Waals surface area (Å²) in [4.78, 5) is 18.9. The molecule has 2 heterocycles. The van der Waals surface area contributed by atoms with Gasteiger partial charge in [-0.3, -0.25) is 4.79 Å². The van der Waals surface area contributed by atoms with Gasteiger partial charge in [0.1, 0.15) is 5.82 Å². The fraction of sp³-hybridized carbons (Fsp3) is 0.750. The SMILES string of the molecule is CC(C)c1nccn1CCC(=O)N1CCCC[C@@H]1[C@H](C)N. The molecule has 0 radical (unpaired) electrons.